The summed E-state index contributed by atoms with van der Waals surface area (Å²) in [5.74, 6) is 1.04. The Morgan fingerprint density at radius 3 is 2.86 bits per heavy atom. The van der Waals surface area contributed by atoms with Gasteiger partial charge in [0.05, 0.1) is 11.3 Å². The second kappa shape index (κ2) is 5.17. The Bertz CT molecular complexity index is 685. The highest BCUT2D eigenvalue weighted by Crippen LogP contribution is 2.37. The number of fused-ring (bicyclic) bond motifs is 1. The van der Waals surface area contributed by atoms with Crippen LogP contribution >= 0.6 is 0 Å². The lowest BCUT2D eigenvalue weighted by atomic mass is 9.98. The third-order valence-corrected chi connectivity index (χ3v) is 4.93. The largest absolute Gasteiger partial charge is 0.338 e. The highest BCUT2D eigenvalue weighted by molar-refractivity contribution is 5.98. The normalized spacial score (nSPS) is 27.1. The molecule has 2 aromatic rings. The summed E-state index contributed by atoms with van der Waals surface area (Å²) in [6.07, 6.45) is 3.71. The maximum absolute atomic E-state index is 12.9. The fourth-order valence-corrected chi connectivity index (χ4v) is 3.77. The number of nitrogens with zero attached hydrogens (tertiary/aromatic N) is 5. The maximum atomic E-state index is 12.9. The van der Waals surface area contributed by atoms with E-state index in [0.717, 1.165) is 25.9 Å². The van der Waals surface area contributed by atoms with Gasteiger partial charge in [-0.05, 0) is 47.2 Å². The molecule has 2 aliphatic rings. The van der Waals surface area contributed by atoms with Crippen LogP contribution < -0.4 is 5.73 Å². The van der Waals surface area contributed by atoms with E-state index in [1.54, 1.807) is 0 Å². The molecule has 1 amide bonds. The third kappa shape index (κ3) is 2.09. The fraction of sp³-hybridized carbons (Fsp3) is 0.467. The lowest BCUT2D eigenvalue weighted by Crippen LogP contribution is -2.34. The van der Waals surface area contributed by atoms with Gasteiger partial charge in [-0.15, -0.1) is 5.10 Å². The van der Waals surface area contributed by atoms with Crippen LogP contribution in [0.5, 0.6) is 0 Å². The van der Waals surface area contributed by atoms with Crippen LogP contribution in [-0.2, 0) is 0 Å². The Balaban J connectivity index is 1.62. The van der Waals surface area contributed by atoms with Crippen LogP contribution in [0.1, 0.15) is 23.2 Å². The molecule has 0 spiro atoms. The van der Waals surface area contributed by atoms with Gasteiger partial charge in [-0.3, -0.25) is 4.79 Å². The molecule has 2 fully saturated rings. The fourth-order valence-electron chi connectivity index (χ4n) is 3.77. The molecule has 1 aromatic carbocycles. The number of para-hydroxylation sites is 1. The monoisotopic (exact) mass is 298 g/mol. The Hall–Kier alpha value is -2.28. The van der Waals surface area contributed by atoms with Crippen molar-refractivity contribution >= 4 is 5.91 Å². The molecule has 22 heavy (non-hydrogen) atoms. The molecular weight excluding hydrogens is 280 g/mol. The standard InChI is InChI=1S/C15H18N6O/c16-13-6-5-10-7-20(8-12(10)13)15(22)11-3-1-2-4-14(11)21-9-17-18-19-21/h1-4,9-10,12-13H,5-8,16H2. The van der Waals surface area contributed by atoms with Crippen LogP contribution in [0.2, 0.25) is 0 Å². The Morgan fingerprint density at radius 1 is 1.23 bits per heavy atom. The van der Waals surface area contributed by atoms with Crippen LogP contribution in [0.3, 0.4) is 0 Å². The quantitative estimate of drug-likeness (QED) is 0.870. The zero-order valence-electron chi connectivity index (χ0n) is 12.2. The summed E-state index contributed by atoms with van der Waals surface area (Å²) in [5.41, 5.74) is 7.49. The molecule has 4 rings (SSSR count). The van der Waals surface area contributed by atoms with Crippen molar-refractivity contribution in [2.45, 2.75) is 18.9 Å². The molecule has 0 bridgehead atoms. The minimum atomic E-state index is 0.0349. The van der Waals surface area contributed by atoms with Gasteiger partial charge in [0, 0.05) is 19.1 Å². The predicted octanol–water partition coefficient (Wildman–Crippen LogP) is 0.472. The molecule has 3 unspecified atom stereocenters. The minimum absolute atomic E-state index is 0.0349. The molecule has 7 nitrogen and oxygen atoms in total. The molecular formula is C15H18N6O. The van der Waals surface area contributed by atoms with Crippen molar-refractivity contribution in [3.63, 3.8) is 0 Å². The molecule has 114 valence electrons. The first-order chi connectivity index (χ1) is 10.7. The van der Waals surface area contributed by atoms with Crippen molar-refractivity contribution in [1.29, 1.82) is 0 Å². The van der Waals surface area contributed by atoms with Crippen LogP contribution in [0.25, 0.3) is 5.69 Å². The Morgan fingerprint density at radius 2 is 2.09 bits per heavy atom. The van der Waals surface area contributed by atoms with Gasteiger partial charge in [-0.2, -0.15) is 4.68 Å². The van der Waals surface area contributed by atoms with Gasteiger partial charge in [0.15, 0.2) is 0 Å². The van der Waals surface area contributed by atoms with E-state index in [4.69, 9.17) is 5.73 Å². The Kier molecular flexibility index (Phi) is 3.15. The molecule has 1 saturated heterocycles. The first-order valence-corrected chi connectivity index (χ1v) is 7.61. The minimum Gasteiger partial charge on any atom is -0.338 e. The van der Waals surface area contributed by atoms with Gasteiger partial charge >= 0.3 is 0 Å². The molecule has 1 aliphatic carbocycles. The summed E-state index contributed by atoms with van der Waals surface area (Å²) in [4.78, 5) is 14.8. The highest BCUT2D eigenvalue weighted by Gasteiger charge is 2.42. The van der Waals surface area contributed by atoms with Crippen LogP contribution in [-0.4, -0.2) is 50.1 Å². The molecule has 1 aromatic heterocycles. The molecule has 1 saturated carbocycles. The number of aromatic nitrogens is 4. The van der Waals surface area contributed by atoms with E-state index >= 15 is 0 Å². The third-order valence-electron chi connectivity index (χ3n) is 4.93. The maximum Gasteiger partial charge on any atom is 0.256 e. The van der Waals surface area contributed by atoms with Crippen molar-refractivity contribution in [2.24, 2.45) is 17.6 Å². The number of likely N-dealkylation sites (tertiary alicyclic amines) is 1. The summed E-state index contributed by atoms with van der Waals surface area (Å²) >= 11 is 0. The van der Waals surface area contributed by atoms with Gasteiger partial charge in [-0.1, -0.05) is 12.1 Å². The Labute approximate surface area is 128 Å². The van der Waals surface area contributed by atoms with E-state index in [1.165, 1.54) is 11.0 Å². The smallest absolute Gasteiger partial charge is 0.256 e. The van der Waals surface area contributed by atoms with E-state index in [9.17, 15) is 4.79 Å². The summed E-state index contributed by atoms with van der Waals surface area (Å²) < 4.78 is 1.52. The molecule has 0 radical (unpaired) electrons. The van der Waals surface area contributed by atoms with E-state index in [1.807, 2.05) is 29.2 Å². The summed E-state index contributed by atoms with van der Waals surface area (Å²) in [7, 11) is 0. The number of carbonyl (C=O) groups excluding carboxylic acids is 1. The van der Waals surface area contributed by atoms with Crippen LogP contribution in [0.15, 0.2) is 30.6 Å². The van der Waals surface area contributed by atoms with E-state index in [-0.39, 0.29) is 11.9 Å². The SMILES string of the molecule is NC1CCC2CN(C(=O)c3ccccc3-n3cnnn3)CC12. The number of benzene rings is 1. The lowest BCUT2D eigenvalue weighted by Gasteiger charge is -2.20. The topological polar surface area (TPSA) is 89.9 Å². The number of tetrazole rings is 1. The van der Waals surface area contributed by atoms with E-state index in [0.29, 0.717) is 23.1 Å². The van der Waals surface area contributed by atoms with Gasteiger partial charge in [0.25, 0.3) is 5.91 Å². The molecule has 2 N–H and O–H groups in total. The van der Waals surface area contributed by atoms with Gasteiger partial charge in [0.1, 0.15) is 6.33 Å². The number of nitrogens with two attached hydrogens (primary N) is 1. The number of rotatable bonds is 2. The van der Waals surface area contributed by atoms with Gasteiger partial charge in [-0.25, -0.2) is 0 Å². The van der Waals surface area contributed by atoms with E-state index in [2.05, 4.69) is 15.5 Å². The average Bonchev–Trinajstić information content (AvgIpc) is 3.25. The van der Waals surface area contributed by atoms with Crippen molar-refractivity contribution in [3.05, 3.63) is 36.2 Å². The first kappa shape index (κ1) is 13.4. The van der Waals surface area contributed by atoms with Crippen molar-refractivity contribution in [2.75, 3.05) is 13.1 Å². The number of hydrogen-bond acceptors (Lipinski definition) is 5. The molecule has 1 aliphatic heterocycles. The second-order valence-electron chi connectivity index (χ2n) is 6.15. The first-order valence-electron chi connectivity index (χ1n) is 7.61. The predicted molar refractivity (Wildman–Crippen MR) is 79.2 cm³/mol. The van der Waals surface area contributed by atoms with E-state index < -0.39 is 0 Å². The zero-order valence-corrected chi connectivity index (χ0v) is 12.2. The second-order valence-corrected chi connectivity index (χ2v) is 6.15. The summed E-state index contributed by atoms with van der Waals surface area (Å²) in [6, 6.07) is 7.66. The molecule has 3 atom stereocenters. The van der Waals surface area contributed by atoms with Crippen molar-refractivity contribution < 1.29 is 4.79 Å². The van der Waals surface area contributed by atoms with Gasteiger partial charge < -0.3 is 10.6 Å². The van der Waals surface area contributed by atoms with Crippen molar-refractivity contribution in [1.82, 2.24) is 25.1 Å². The number of carbonyl (C=O) groups is 1. The highest BCUT2D eigenvalue weighted by atomic mass is 16.2. The summed E-state index contributed by atoms with van der Waals surface area (Å²) in [5, 5.41) is 11.2. The molecule has 7 heteroatoms. The van der Waals surface area contributed by atoms with Gasteiger partial charge in [0.2, 0.25) is 0 Å². The summed E-state index contributed by atoms with van der Waals surface area (Å²) in [6.45, 7) is 1.57. The number of hydrogen-bond donors (Lipinski definition) is 1. The van der Waals surface area contributed by atoms with Crippen LogP contribution in [0, 0.1) is 11.8 Å². The van der Waals surface area contributed by atoms with Crippen molar-refractivity contribution in [3.8, 4) is 5.69 Å². The zero-order chi connectivity index (χ0) is 15.1. The molecule has 2 heterocycles. The number of amides is 1. The lowest BCUT2D eigenvalue weighted by molar-refractivity contribution is 0.0779. The average molecular weight is 298 g/mol. The van der Waals surface area contributed by atoms with Crippen LogP contribution in [0.4, 0.5) is 0 Å².